The molecule has 3 heterocycles. The van der Waals surface area contributed by atoms with Crippen LogP contribution in [0.3, 0.4) is 0 Å². The average molecular weight is 222 g/mol. The minimum Gasteiger partial charge on any atom is -0.286 e. The Morgan fingerprint density at radius 3 is 2.56 bits per heavy atom. The highest BCUT2D eigenvalue weighted by Gasteiger charge is 2.38. The van der Waals surface area contributed by atoms with Gasteiger partial charge in [-0.15, -0.1) is 0 Å². The van der Waals surface area contributed by atoms with Crippen molar-refractivity contribution in [2.24, 2.45) is 0 Å². The summed E-state index contributed by atoms with van der Waals surface area (Å²) in [6.45, 7) is 4.34. The molecule has 1 unspecified atom stereocenters. The third-order valence-corrected chi connectivity index (χ3v) is 3.91. The average Bonchev–Trinajstić information content (AvgIpc) is 2.95. The summed E-state index contributed by atoms with van der Waals surface area (Å²) in [6, 6.07) is 0. The predicted molar refractivity (Wildman–Crippen MR) is 61.2 cm³/mol. The molecule has 4 nitrogen and oxygen atoms in total. The summed E-state index contributed by atoms with van der Waals surface area (Å²) in [6.07, 6.45) is 8.27. The van der Waals surface area contributed by atoms with Crippen LogP contribution in [0.25, 0.3) is 0 Å². The molecule has 0 aromatic rings. The summed E-state index contributed by atoms with van der Waals surface area (Å²) < 4.78 is 0. The van der Waals surface area contributed by atoms with Crippen molar-refractivity contribution in [3.63, 3.8) is 0 Å². The number of rotatable bonds is 2. The molecule has 4 heteroatoms. The zero-order valence-electron chi connectivity index (χ0n) is 9.77. The van der Waals surface area contributed by atoms with E-state index in [4.69, 9.17) is 0 Å². The SMILES string of the molecule is O=C1CCCN1N1CC[CH]C1N1CCCC1. The molecule has 3 rings (SSSR count). The van der Waals surface area contributed by atoms with Gasteiger partial charge in [0.05, 0.1) is 6.17 Å². The van der Waals surface area contributed by atoms with E-state index in [2.05, 4.69) is 16.3 Å². The first-order valence-electron chi connectivity index (χ1n) is 6.50. The van der Waals surface area contributed by atoms with Gasteiger partial charge in [0.15, 0.2) is 0 Å². The summed E-state index contributed by atoms with van der Waals surface area (Å²) in [5, 5.41) is 4.28. The van der Waals surface area contributed by atoms with E-state index in [0.717, 1.165) is 32.4 Å². The minimum atomic E-state index is 0.319. The Hall–Kier alpha value is -0.610. The van der Waals surface area contributed by atoms with Gasteiger partial charge in [0.2, 0.25) is 5.91 Å². The standard InChI is InChI=1S/C12H20N3O/c16-12-6-4-10-15(12)14-9-3-5-11(14)13-7-1-2-8-13/h5,11H,1-4,6-10H2. The molecule has 3 fully saturated rings. The van der Waals surface area contributed by atoms with Gasteiger partial charge in [0.1, 0.15) is 0 Å². The van der Waals surface area contributed by atoms with Crippen LogP contribution in [-0.2, 0) is 4.79 Å². The summed E-state index contributed by atoms with van der Waals surface area (Å²) in [4.78, 5) is 14.3. The van der Waals surface area contributed by atoms with Crippen LogP contribution >= 0.6 is 0 Å². The minimum absolute atomic E-state index is 0.319. The topological polar surface area (TPSA) is 26.8 Å². The molecular formula is C12H20N3O. The van der Waals surface area contributed by atoms with E-state index in [1.807, 2.05) is 5.01 Å². The summed E-state index contributed by atoms with van der Waals surface area (Å²) in [5.41, 5.74) is 0. The van der Waals surface area contributed by atoms with Crippen molar-refractivity contribution in [3.05, 3.63) is 6.42 Å². The second-order valence-electron chi connectivity index (χ2n) is 4.96. The van der Waals surface area contributed by atoms with Gasteiger partial charge in [0.25, 0.3) is 0 Å². The molecule has 0 aliphatic carbocycles. The van der Waals surface area contributed by atoms with E-state index >= 15 is 0 Å². The first kappa shape index (κ1) is 10.5. The molecule has 0 aromatic carbocycles. The van der Waals surface area contributed by atoms with Crippen molar-refractivity contribution in [2.45, 2.75) is 38.3 Å². The number of amides is 1. The number of likely N-dealkylation sites (tertiary alicyclic amines) is 1. The third kappa shape index (κ3) is 1.74. The maximum Gasteiger partial charge on any atom is 0.236 e. The number of carbonyl (C=O) groups excluding carboxylic acids is 1. The monoisotopic (exact) mass is 222 g/mol. The molecule has 0 N–H and O–H groups in total. The summed E-state index contributed by atoms with van der Waals surface area (Å²) >= 11 is 0. The van der Waals surface area contributed by atoms with Gasteiger partial charge < -0.3 is 0 Å². The first-order valence-corrected chi connectivity index (χ1v) is 6.50. The fourth-order valence-electron chi connectivity index (χ4n) is 3.12. The lowest BCUT2D eigenvalue weighted by Crippen LogP contribution is -2.52. The number of hydrazine groups is 1. The third-order valence-electron chi connectivity index (χ3n) is 3.91. The Balaban J connectivity index is 1.70. The lowest BCUT2D eigenvalue weighted by atomic mass is 10.3. The van der Waals surface area contributed by atoms with E-state index < -0.39 is 0 Å². The van der Waals surface area contributed by atoms with Gasteiger partial charge in [0, 0.05) is 19.5 Å². The maximum atomic E-state index is 11.8. The fourth-order valence-corrected chi connectivity index (χ4v) is 3.12. The van der Waals surface area contributed by atoms with Gasteiger partial charge in [-0.25, -0.2) is 5.01 Å². The highest BCUT2D eigenvalue weighted by atomic mass is 16.2. The molecular weight excluding hydrogens is 202 g/mol. The fraction of sp³-hybridized carbons (Fsp3) is 0.833. The second-order valence-corrected chi connectivity index (χ2v) is 4.96. The number of nitrogens with zero attached hydrogens (tertiary/aromatic N) is 3. The van der Waals surface area contributed by atoms with Gasteiger partial charge in [-0.05, 0) is 45.2 Å². The molecule has 3 saturated heterocycles. The Kier molecular flexibility index (Phi) is 2.86. The van der Waals surface area contributed by atoms with Crippen molar-refractivity contribution in [3.8, 4) is 0 Å². The van der Waals surface area contributed by atoms with Crippen molar-refractivity contribution in [1.82, 2.24) is 14.9 Å². The highest BCUT2D eigenvalue weighted by Crippen LogP contribution is 2.27. The van der Waals surface area contributed by atoms with Crippen LogP contribution in [0.2, 0.25) is 0 Å². The second kappa shape index (κ2) is 4.34. The molecule has 1 amide bonds. The quantitative estimate of drug-likeness (QED) is 0.693. The van der Waals surface area contributed by atoms with E-state index in [-0.39, 0.29) is 0 Å². The Labute approximate surface area is 97.1 Å². The Morgan fingerprint density at radius 2 is 1.88 bits per heavy atom. The first-order chi connectivity index (χ1) is 7.86. The van der Waals surface area contributed by atoms with Crippen molar-refractivity contribution >= 4 is 5.91 Å². The van der Waals surface area contributed by atoms with Crippen molar-refractivity contribution in [2.75, 3.05) is 26.2 Å². The molecule has 3 aliphatic heterocycles. The Bertz CT molecular complexity index is 275. The zero-order chi connectivity index (χ0) is 11.0. The van der Waals surface area contributed by atoms with Gasteiger partial charge >= 0.3 is 0 Å². The molecule has 1 radical (unpaired) electrons. The van der Waals surface area contributed by atoms with E-state index in [9.17, 15) is 4.79 Å². The molecule has 16 heavy (non-hydrogen) atoms. The van der Waals surface area contributed by atoms with Crippen LogP contribution in [0.1, 0.15) is 32.1 Å². The lowest BCUT2D eigenvalue weighted by Gasteiger charge is -2.37. The molecule has 0 spiro atoms. The molecule has 3 aliphatic rings. The lowest BCUT2D eigenvalue weighted by molar-refractivity contribution is -0.149. The highest BCUT2D eigenvalue weighted by molar-refractivity contribution is 5.77. The van der Waals surface area contributed by atoms with Crippen molar-refractivity contribution in [1.29, 1.82) is 0 Å². The van der Waals surface area contributed by atoms with Crippen LogP contribution in [0.4, 0.5) is 0 Å². The van der Waals surface area contributed by atoms with Gasteiger partial charge in [-0.1, -0.05) is 0 Å². The van der Waals surface area contributed by atoms with Gasteiger partial charge in [-0.2, -0.15) is 0 Å². The molecule has 89 valence electrons. The predicted octanol–water partition coefficient (Wildman–Crippen LogP) is 0.856. The van der Waals surface area contributed by atoms with E-state index in [0.29, 0.717) is 12.1 Å². The van der Waals surface area contributed by atoms with Crippen LogP contribution in [0, 0.1) is 6.42 Å². The Morgan fingerprint density at radius 1 is 1.06 bits per heavy atom. The maximum absolute atomic E-state index is 11.8. The van der Waals surface area contributed by atoms with Crippen LogP contribution in [-0.4, -0.2) is 53.2 Å². The zero-order valence-corrected chi connectivity index (χ0v) is 9.77. The van der Waals surface area contributed by atoms with Crippen LogP contribution in [0.5, 0.6) is 0 Å². The molecule has 0 aromatic heterocycles. The van der Waals surface area contributed by atoms with Crippen LogP contribution < -0.4 is 0 Å². The molecule has 0 bridgehead atoms. The van der Waals surface area contributed by atoms with Crippen LogP contribution in [0.15, 0.2) is 0 Å². The van der Waals surface area contributed by atoms with E-state index in [1.54, 1.807) is 0 Å². The summed E-state index contributed by atoms with van der Waals surface area (Å²) in [7, 11) is 0. The normalized spacial score (nSPS) is 33.1. The molecule has 0 saturated carbocycles. The van der Waals surface area contributed by atoms with Crippen molar-refractivity contribution < 1.29 is 4.79 Å². The number of hydrogen-bond acceptors (Lipinski definition) is 3. The number of carbonyl (C=O) groups is 1. The summed E-state index contributed by atoms with van der Waals surface area (Å²) in [5.74, 6) is 0.319. The van der Waals surface area contributed by atoms with E-state index in [1.165, 1.54) is 25.9 Å². The largest absolute Gasteiger partial charge is 0.286 e. The smallest absolute Gasteiger partial charge is 0.236 e. The number of hydrogen-bond donors (Lipinski definition) is 0. The molecule has 1 atom stereocenters. The van der Waals surface area contributed by atoms with Gasteiger partial charge in [-0.3, -0.25) is 14.7 Å².